The Bertz CT molecular complexity index is 564. The van der Waals surface area contributed by atoms with Crippen molar-refractivity contribution in [1.29, 1.82) is 0 Å². The number of hydrogen-bond acceptors (Lipinski definition) is 2. The third-order valence-electron chi connectivity index (χ3n) is 5.90. The summed E-state index contributed by atoms with van der Waals surface area (Å²) < 4.78 is 39.3. The molecule has 2 unspecified atom stereocenters. The molecule has 0 spiro atoms. The van der Waals surface area contributed by atoms with Crippen LogP contribution in [-0.4, -0.2) is 12.1 Å². The molecule has 0 aliphatic carbocycles. The lowest BCUT2D eigenvalue weighted by molar-refractivity contribution is -0.136. The van der Waals surface area contributed by atoms with E-state index in [4.69, 9.17) is 5.73 Å². The van der Waals surface area contributed by atoms with Gasteiger partial charge in [0.05, 0.1) is 5.56 Å². The highest BCUT2D eigenvalue weighted by Crippen LogP contribution is 2.55. The fourth-order valence-electron chi connectivity index (χ4n) is 4.64. The van der Waals surface area contributed by atoms with Crippen LogP contribution in [0.5, 0.6) is 0 Å². The molecule has 2 nitrogen and oxygen atoms in total. The molecule has 1 aromatic carbocycles. The van der Waals surface area contributed by atoms with Crippen molar-refractivity contribution in [2.75, 3.05) is 10.6 Å². The third kappa shape index (κ3) is 2.17. The molecule has 3 rings (SSSR count). The number of nitrogens with zero attached hydrogens (tertiary/aromatic N) is 1. The average molecular weight is 312 g/mol. The number of hydrogen-bond donors (Lipinski definition) is 1. The minimum absolute atomic E-state index is 0.194. The average Bonchev–Trinajstić information content (AvgIpc) is 3.02. The van der Waals surface area contributed by atoms with E-state index in [-0.39, 0.29) is 11.1 Å². The first kappa shape index (κ1) is 15.5. The van der Waals surface area contributed by atoms with Crippen molar-refractivity contribution in [3.63, 3.8) is 0 Å². The molecule has 2 fully saturated rings. The molecule has 2 aliphatic heterocycles. The Kier molecular flexibility index (Phi) is 3.57. The highest BCUT2D eigenvalue weighted by molar-refractivity contribution is 5.62. The predicted octanol–water partition coefficient (Wildman–Crippen LogP) is 4.84. The highest BCUT2D eigenvalue weighted by atomic mass is 19.4. The number of halogens is 3. The zero-order valence-corrected chi connectivity index (χ0v) is 13.1. The first-order chi connectivity index (χ1) is 10.3. The van der Waals surface area contributed by atoms with Crippen LogP contribution in [0.2, 0.25) is 0 Å². The molecule has 5 heteroatoms. The van der Waals surface area contributed by atoms with E-state index < -0.39 is 11.7 Å². The molecular weight excluding hydrogens is 289 g/mol. The SMILES string of the molecule is CCC1(CC)CC2CCC1N2c1ccc(N)c(C(F)(F)F)c1. The fourth-order valence-corrected chi connectivity index (χ4v) is 4.64. The molecule has 2 heterocycles. The van der Waals surface area contributed by atoms with Crippen LogP contribution in [0, 0.1) is 5.41 Å². The van der Waals surface area contributed by atoms with E-state index in [1.54, 1.807) is 6.07 Å². The zero-order chi connectivity index (χ0) is 16.1. The molecule has 2 N–H and O–H groups in total. The van der Waals surface area contributed by atoms with Gasteiger partial charge in [0, 0.05) is 23.5 Å². The van der Waals surface area contributed by atoms with E-state index in [1.165, 1.54) is 12.1 Å². The van der Waals surface area contributed by atoms with E-state index in [1.807, 2.05) is 0 Å². The van der Waals surface area contributed by atoms with Gasteiger partial charge in [0.1, 0.15) is 0 Å². The molecule has 1 aromatic rings. The second-order valence-corrected chi connectivity index (χ2v) is 6.70. The van der Waals surface area contributed by atoms with E-state index >= 15 is 0 Å². The van der Waals surface area contributed by atoms with Crippen LogP contribution in [0.15, 0.2) is 18.2 Å². The number of nitrogen functional groups attached to an aromatic ring is 1. The van der Waals surface area contributed by atoms with E-state index in [0.717, 1.165) is 32.1 Å². The van der Waals surface area contributed by atoms with Crippen molar-refractivity contribution in [2.45, 2.75) is 64.2 Å². The monoisotopic (exact) mass is 312 g/mol. The quantitative estimate of drug-likeness (QED) is 0.810. The molecular formula is C17H23F3N2. The number of fused-ring (bicyclic) bond motifs is 2. The summed E-state index contributed by atoms with van der Waals surface area (Å²) in [5, 5.41) is 0. The number of anilines is 2. The lowest BCUT2D eigenvalue weighted by atomic mass is 9.70. The molecule has 122 valence electrons. The van der Waals surface area contributed by atoms with Gasteiger partial charge in [0.25, 0.3) is 0 Å². The van der Waals surface area contributed by atoms with Crippen LogP contribution >= 0.6 is 0 Å². The summed E-state index contributed by atoms with van der Waals surface area (Å²) in [6, 6.07) is 5.11. The van der Waals surface area contributed by atoms with E-state index in [2.05, 4.69) is 18.7 Å². The van der Waals surface area contributed by atoms with E-state index in [0.29, 0.717) is 17.8 Å². The smallest absolute Gasteiger partial charge is 0.398 e. The van der Waals surface area contributed by atoms with Crippen molar-refractivity contribution in [3.05, 3.63) is 23.8 Å². The lowest BCUT2D eigenvalue weighted by Gasteiger charge is -2.36. The topological polar surface area (TPSA) is 29.3 Å². The normalized spacial score (nSPS) is 26.7. The van der Waals surface area contributed by atoms with Crippen LogP contribution in [0.4, 0.5) is 24.5 Å². The first-order valence-corrected chi connectivity index (χ1v) is 8.07. The molecule has 2 bridgehead atoms. The van der Waals surface area contributed by atoms with Crippen LogP contribution in [0.3, 0.4) is 0 Å². The minimum Gasteiger partial charge on any atom is -0.398 e. The molecule has 2 aliphatic rings. The maximum absolute atomic E-state index is 13.1. The Hall–Kier alpha value is -1.39. The second kappa shape index (κ2) is 5.07. The third-order valence-corrected chi connectivity index (χ3v) is 5.90. The number of nitrogens with two attached hydrogens (primary N) is 1. The Morgan fingerprint density at radius 2 is 1.91 bits per heavy atom. The van der Waals surface area contributed by atoms with Gasteiger partial charge in [-0.25, -0.2) is 0 Å². The minimum atomic E-state index is -4.40. The van der Waals surface area contributed by atoms with Crippen molar-refractivity contribution in [3.8, 4) is 0 Å². The highest BCUT2D eigenvalue weighted by Gasteiger charge is 2.54. The Morgan fingerprint density at radius 1 is 1.23 bits per heavy atom. The zero-order valence-electron chi connectivity index (χ0n) is 13.1. The van der Waals surface area contributed by atoms with Gasteiger partial charge in [-0.2, -0.15) is 13.2 Å². The van der Waals surface area contributed by atoms with Crippen LogP contribution in [0.1, 0.15) is 51.5 Å². The summed E-state index contributed by atoms with van der Waals surface area (Å²) >= 11 is 0. The Labute approximate surface area is 129 Å². The summed E-state index contributed by atoms with van der Waals surface area (Å²) in [6.45, 7) is 4.40. The number of benzene rings is 1. The molecule has 0 radical (unpaired) electrons. The van der Waals surface area contributed by atoms with Crippen LogP contribution < -0.4 is 10.6 Å². The molecule has 0 amide bonds. The first-order valence-electron chi connectivity index (χ1n) is 8.07. The largest absolute Gasteiger partial charge is 0.418 e. The maximum atomic E-state index is 13.1. The van der Waals surface area contributed by atoms with Gasteiger partial charge < -0.3 is 10.6 Å². The summed E-state index contributed by atoms with van der Waals surface area (Å²) in [5.74, 6) is 0. The molecule has 0 saturated carbocycles. The molecule has 0 aromatic heterocycles. The second-order valence-electron chi connectivity index (χ2n) is 6.70. The summed E-state index contributed by atoms with van der Waals surface area (Å²) in [5.41, 5.74) is 5.55. The van der Waals surface area contributed by atoms with E-state index in [9.17, 15) is 13.2 Å². The fraction of sp³-hybridized carbons (Fsp3) is 0.647. The molecule has 22 heavy (non-hydrogen) atoms. The molecule has 2 saturated heterocycles. The van der Waals surface area contributed by atoms with Gasteiger partial charge in [-0.3, -0.25) is 0 Å². The lowest BCUT2D eigenvalue weighted by Crippen LogP contribution is -2.37. The standard InChI is InChI=1S/C17H23F3N2/c1-3-16(4-2)10-12-6-8-15(16)22(12)11-5-7-14(21)13(9-11)17(18,19)20/h5,7,9,12,15H,3-4,6,8,10,21H2,1-2H3. The van der Waals surface area contributed by atoms with Crippen molar-refractivity contribution >= 4 is 11.4 Å². The van der Waals surface area contributed by atoms with Crippen molar-refractivity contribution in [1.82, 2.24) is 0 Å². The summed E-state index contributed by atoms with van der Waals surface area (Å²) in [6.07, 6.45) is 1.03. The Morgan fingerprint density at radius 3 is 2.45 bits per heavy atom. The van der Waals surface area contributed by atoms with Gasteiger partial charge in [-0.15, -0.1) is 0 Å². The predicted molar refractivity (Wildman–Crippen MR) is 82.8 cm³/mol. The van der Waals surface area contributed by atoms with Gasteiger partial charge >= 0.3 is 6.18 Å². The summed E-state index contributed by atoms with van der Waals surface area (Å²) in [7, 11) is 0. The summed E-state index contributed by atoms with van der Waals surface area (Å²) in [4.78, 5) is 2.24. The molecule has 2 atom stereocenters. The number of alkyl halides is 3. The van der Waals surface area contributed by atoms with Crippen LogP contribution in [-0.2, 0) is 6.18 Å². The van der Waals surface area contributed by atoms with Crippen molar-refractivity contribution < 1.29 is 13.2 Å². The Balaban J connectivity index is 1.99. The van der Waals surface area contributed by atoms with Crippen molar-refractivity contribution in [2.24, 2.45) is 5.41 Å². The van der Waals surface area contributed by atoms with Gasteiger partial charge in [-0.05, 0) is 55.7 Å². The van der Waals surface area contributed by atoms with Gasteiger partial charge in [-0.1, -0.05) is 13.8 Å². The maximum Gasteiger partial charge on any atom is 0.418 e. The van der Waals surface area contributed by atoms with Gasteiger partial charge in [0.2, 0.25) is 0 Å². The van der Waals surface area contributed by atoms with Crippen LogP contribution in [0.25, 0.3) is 0 Å². The van der Waals surface area contributed by atoms with Gasteiger partial charge in [0.15, 0.2) is 0 Å². The number of rotatable bonds is 3.